The van der Waals surface area contributed by atoms with Gasteiger partial charge >= 0.3 is 0 Å². The van der Waals surface area contributed by atoms with Crippen molar-refractivity contribution >= 4 is 15.8 Å². The van der Waals surface area contributed by atoms with E-state index in [-0.39, 0.29) is 10.3 Å². The average molecular weight is 271 g/mol. The van der Waals surface area contributed by atoms with Crippen LogP contribution in [0.5, 0.6) is 0 Å². The van der Waals surface area contributed by atoms with Gasteiger partial charge in [0.1, 0.15) is 5.82 Å². The molecule has 2 N–H and O–H groups in total. The van der Waals surface area contributed by atoms with Crippen LogP contribution >= 0.6 is 0 Å². The number of hydrogen-bond acceptors (Lipinski definition) is 4. The van der Waals surface area contributed by atoms with Crippen LogP contribution in [0.2, 0.25) is 0 Å². The molecule has 5 nitrogen and oxygen atoms in total. The Morgan fingerprint density at radius 3 is 2.56 bits per heavy atom. The van der Waals surface area contributed by atoms with E-state index in [1.807, 2.05) is 27.7 Å². The van der Waals surface area contributed by atoms with Crippen molar-refractivity contribution in [2.24, 2.45) is 5.41 Å². The Balaban J connectivity index is 2.88. The van der Waals surface area contributed by atoms with E-state index in [1.165, 1.54) is 18.3 Å². The van der Waals surface area contributed by atoms with Crippen molar-refractivity contribution in [2.75, 3.05) is 18.4 Å². The Kier molecular flexibility index (Phi) is 4.70. The Bertz CT molecular complexity index is 492. The zero-order chi connectivity index (χ0) is 13.8. The van der Waals surface area contributed by atoms with E-state index in [4.69, 9.17) is 0 Å². The first-order valence-electron chi connectivity index (χ1n) is 5.94. The van der Waals surface area contributed by atoms with Gasteiger partial charge in [0.05, 0.1) is 4.90 Å². The molecule has 0 amide bonds. The summed E-state index contributed by atoms with van der Waals surface area (Å²) in [7, 11) is -3.46. The smallest absolute Gasteiger partial charge is 0.240 e. The molecule has 0 unspecified atom stereocenters. The minimum absolute atomic E-state index is 0.0927. The number of rotatable bonds is 5. The van der Waals surface area contributed by atoms with E-state index in [0.29, 0.717) is 18.9 Å². The summed E-state index contributed by atoms with van der Waals surface area (Å²) in [5.74, 6) is 0.566. The highest BCUT2D eigenvalue weighted by Gasteiger charge is 2.18. The highest BCUT2D eigenvalue weighted by molar-refractivity contribution is 7.89. The fraction of sp³-hybridized carbons (Fsp3) is 0.583. The number of aromatic nitrogens is 1. The molecule has 1 rings (SSSR count). The van der Waals surface area contributed by atoms with E-state index in [2.05, 4.69) is 15.0 Å². The minimum Gasteiger partial charge on any atom is -0.370 e. The molecule has 1 aromatic rings. The third-order valence-corrected chi connectivity index (χ3v) is 3.59. The average Bonchev–Trinajstić information content (AvgIpc) is 2.27. The quantitative estimate of drug-likeness (QED) is 0.857. The molecule has 18 heavy (non-hydrogen) atoms. The lowest BCUT2D eigenvalue weighted by Crippen LogP contribution is -2.32. The molecule has 0 spiro atoms. The lowest BCUT2D eigenvalue weighted by Gasteiger charge is -2.18. The van der Waals surface area contributed by atoms with Crippen molar-refractivity contribution in [3.63, 3.8) is 0 Å². The summed E-state index contributed by atoms with van der Waals surface area (Å²) in [4.78, 5) is 4.28. The summed E-state index contributed by atoms with van der Waals surface area (Å²) < 4.78 is 26.7. The molecule has 0 saturated heterocycles. The molecule has 0 saturated carbocycles. The molecule has 6 heteroatoms. The fourth-order valence-corrected chi connectivity index (χ4v) is 2.55. The van der Waals surface area contributed by atoms with Crippen LogP contribution in [0, 0.1) is 5.41 Å². The summed E-state index contributed by atoms with van der Waals surface area (Å²) >= 11 is 0. The predicted octanol–water partition coefficient (Wildman–Crippen LogP) is 1.84. The lowest BCUT2D eigenvalue weighted by atomic mass is 9.98. The Morgan fingerprint density at radius 1 is 1.33 bits per heavy atom. The zero-order valence-electron chi connectivity index (χ0n) is 11.3. The largest absolute Gasteiger partial charge is 0.370 e. The molecule has 0 aliphatic heterocycles. The molecule has 0 aromatic carbocycles. The monoisotopic (exact) mass is 271 g/mol. The summed E-state index contributed by atoms with van der Waals surface area (Å²) in [5.41, 5.74) is -0.0927. The predicted molar refractivity (Wildman–Crippen MR) is 73.0 cm³/mol. The maximum atomic E-state index is 12.1. The van der Waals surface area contributed by atoms with Gasteiger partial charge in [-0.1, -0.05) is 20.8 Å². The normalized spacial score (nSPS) is 12.4. The van der Waals surface area contributed by atoms with Crippen molar-refractivity contribution in [3.05, 3.63) is 18.3 Å². The molecule has 1 aromatic heterocycles. The van der Waals surface area contributed by atoms with Gasteiger partial charge in [0, 0.05) is 25.4 Å². The maximum Gasteiger partial charge on any atom is 0.240 e. The number of anilines is 1. The van der Waals surface area contributed by atoms with E-state index < -0.39 is 10.0 Å². The third-order valence-electron chi connectivity index (χ3n) is 2.19. The second-order valence-corrected chi connectivity index (χ2v) is 7.06. The highest BCUT2D eigenvalue weighted by atomic mass is 32.2. The molecule has 102 valence electrons. The van der Waals surface area contributed by atoms with E-state index >= 15 is 0 Å². The van der Waals surface area contributed by atoms with Crippen molar-refractivity contribution in [3.8, 4) is 0 Å². The Hall–Kier alpha value is -1.14. The second kappa shape index (κ2) is 5.67. The zero-order valence-corrected chi connectivity index (χ0v) is 12.1. The first-order chi connectivity index (χ1) is 8.24. The molecular formula is C12H21N3O2S. The van der Waals surface area contributed by atoms with Gasteiger partial charge in [0.25, 0.3) is 0 Å². The summed E-state index contributed by atoms with van der Waals surface area (Å²) in [5, 5.41) is 2.99. The van der Waals surface area contributed by atoms with Crippen molar-refractivity contribution in [1.82, 2.24) is 9.71 Å². The van der Waals surface area contributed by atoms with Gasteiger partial charge in [-0.05, 0) is 18.4 Å². The number of nitrogens with zero attached hydrogens (tertiary/aromatic N) is 1. The van der Waals surface area contributed by atoms with Gasteiger partial charge in [-0.2, -0.15) is 0 Å². The Morgan fingerprint density at radius 2 is 2.00 bits per heavy atom. The van der Waals surface area contributed by atoms with E-state index in [1.54, 1.807) is 0 Å². The van der Waals surface area contributed by atoms with Crippen LogP contribution in [-0.2, 0) is 10.0 Å². The van der Waals surface area contributed by atoms with Crippen LogP contribution in [0.3, 0.4) is 0 Å². The van der Waals surface area contributed by atoms with Crippen LogP contribution in [0.15, 0.2) is 23.2 Å². The van der Waals surface area contributed by atoms with Crippen LogP contribution < -0.4 is 10.0 Å². The molecule has 0 atom stereocenters. The van der Waals surface area contributed by atoms with E-state index in [9.17, 15) is 8.42 Å². The standard InChI is InChI=1S/C12H21N3O2S/c1-5-13-11-8-10(6-7-14-11)18(16,17)15-9-12(2,3)4/h6-8,15H,5,9H2,1-4H3,(H,13,14). The number of pyridine rings is 1. The number of nitrogens with one attached hydrogen (secondary N) is 2. The van der Waals surface area contributed by atoms with Gasteiger partial charge in [-0.25, -0.2) is 18.1 Å². The first-order valence-corrected chi connectivity index (χ1v) is 7.42. The SMILES string of the molecule is CCNc1cc(S(=O)(=O)NCC(C)(C)C)ccn1. The van der Waals surface area contributed by atoms with Gasteiger partial charge in [-0.15, -0.1) is 0 Å². The van der Waals surface area contributed by atoms with Crippen molar-refractivity contribution < 1.29 is 8.42 Å². The van der Waals surface area contributed by atoms with Crippen molar-refractivity contribution in [1.29, 1.82) is 0 Å². The molecule has 0 aliphatic carbocycles. The molecular weight excluding hydrogens is 250 g/mol. The van der Waals surface area contributed by atoms with E-state index in [0.717, 1.165) is 0 Å². The maximum absolute atomic E-state index is 12.1. The second-order valence-electron chi connectivity index (χ2n) is 5.29. The molecule has 0 radical (unpaired) electrons. The summed E-state index contributed by atoms with van der Waals surface area (Å²) in [6, 6.07) is 3.03. The van der Waals surface area contributed by atoms with Gasteiger partial charge in [0.2, 0.25) is 10.0 Å². The number of sulfonamides is 1. The van der Waals surface area contributed by atoms with Gasteiger partial charge in [0.15, 0.2) is 0 Å². The van der Waals surface area contributed by atoms with Gasteiger partial charge in [-0.3, -0.25) is 0 Å². The minimum atomic E-state index is -3.46. The van der Waals surface area contributed by atoms with Crippen molar-refractivity contribution in [2.45, 2.75) is 32.6 Å². The van der Waals surface area contributed by atoms with Crippen LogP contribution in [-0.4, -0.2) is 26.5 Å². The fourth-order valence-electron chi connectivity index (χ4n) is 1.25. The Labute approximate surface area is 109 Å². The van der Waals surface area contributed by atoms with Crippen LogP contribution in [0.25, 0.3) is 0 Å². The highest BCUT2D eigenvalue weighted by Crippen LogP contribution is 2.15. The molecule has 0 bridgehead atoms. The molecule has 0 aliphatic rings. The summed E-state index contributed by atoms with van der Waals surface area (Å²) in [6.45, 7) is 8.96. The molecule has 1 heterocycles. The number of hydrogen-bond donors (Lipinski definition) is 2. The third kappa shape index (κ3) is 4.62. The first kappa shape index (κ1) is 14.9. The molecule has 0 fully saturated rings. The lowest BCUT2D eigenvalue weighted by molar-refractivity contribution is 0.407. The topological polar surface area (TPSA) is 71.1 Å². The summed E-state index contributed by atoms with van der Waals surface area (Å²) in [6.07, 6.45) is 1.49. The van der Waals surface area contributed by atoms with Crippen LogP contribution in [0.4, 0.5) is 5.82 Å². The van der Waals surface area contributed by atoms with Gasteiger partial charge < -0.3 is 5.32 Å². The van der Waals surface area contributed by atoms with Crippen LogP contribution in [0.1, 0.15) is 27.7 Å².